The van der Waals surface area contributed by atoms with E-state index in [9.17, 15) is 9.59 Å². The summed E-state index contributed by atoms with van der Waals surface area (Å²) in [6, 6.07) is 0. The summed E-state index contributed by atoms with van der Waals surface area (Å²) in [5, 5.41) is 0. The second-order valence-corrected chi connectivity index (χ2v) is 2.61. The van der Waals surface area contributed by atoms with E-state index < -0.39 is 0 Å². The molecule has 0 aliphatic heterocycles. The number of allylic oxidation sites excluding steroid dienone is 5. The van der Waals surface area contributed by atoms with Gasteiger partial charge in [0.25, 0.3) is 0 Å². The predicted octanol–water partition coefficient (Wildman–Crippen LogP) is 2.22. The van der Waals surface area contributed by atoms with E-state index >= 15 is 0 Å². The van der Waals surface area contributed by atoms with Crippen LogP contribution in [0.4, 0.5) is 0 Å². The van der Waals surface area contributed by atoms with Gasteiger partial charge < -0.3 is 0 Å². The zero-order chi connectivity index (χ0) is 10.1. The highest BCUT2D eigenvalue weighted by atomic mass is 16.1. The molecule has 0 aliphatic rings. The Hall–Kier alpha value is -1.44. The highest BCUT2D eigenvalue weighted by Gasteiger charge is 1.93. The zero-order valence-corrected chi connectivity index (χ0v) is 7.82. The maximum absolute atomic E-state index is 11.0. The smallest absolute Gasteiger partial charge is 0.156 e. The molecule has 2 nitrogen and oxygen atoms in total. The molecule has 0 rings (SSSR count). The van der Waals surface area contributed by atoms with Gasteiger partial charge in [0.1, 0.15) is 0 Å². The largest absolute Gasteiger partial charge is 0.295 e. The fourth-order valence-corrected chi connectivity index (χ4v) is 0.712. The lowest BCUT2D eigenvalue weighted by Crippen LogP contribution is -1.92. The molecule has 0 bridgehead atoms. The average Bonchev–Trinajstić information content (AvgIpc) is 2.09. The van der Waals surface area contributed by atoms with Gasteiger partial charge in [-0.3, -0.25) is 9.59 Å². The van der Waals surface area contributed by atoms with Gasteiger partial charge in [-0.15, -0.1) is 0 Å². The summed E-state index contributed by atoms with van der Waals surface area (Å²) >= 11 is 0. The molecule has 0 aliphatic carbocycles. The number of carbonyl (C=O) groups is 2. The number of hydrogen-bond donors (Lipinski definition) is 0. The summed E-state index contributed by atoms with van der Waals surface area (Å²) in [4.78, 5) is 21.5. The van der Waals surface area contributed by atoms with Gasteiger partial charge in [0.15, 0.2) is 11.6 Å². The van der Waals surface area contributed by atoms with E-state index in [-0.39, 0.29) is 11.6 Å². The molecule has 70 valence electrons. The van der Waals surface area contributed by atoms with Crippen LogP contribution in [-0.4, -0.2) is 11.6 Å². The van der Waals surface area contributed by atoms with Gasteiger partial charge in [0.2, 0.25) is 0 Å². The number of carbonyl (C=O) groups excluding carboxylic acids is 2. The van der Waals surface area contributed by atoms with Crippen LogP contribution in [0.2, 0.25) is 0 Å². The fourth-order valence-electron chi connectivity index (χ4n) is 0.712. The van der Waals surface area contributed by atoms with Crippen LogP contribution in [0.5, 0.6) is 0 Å². The Balaban J connectivity index is 3.69. The number of hydrogen-bond acceptors (Lipinski definition) is 2. The van der Waals surface area contributed by atoms with Crippen LogP contribution in [0.1, 0.15) is 19.8 Å². The Labute approximate surface area is 78.6 Å². The third-order valence-corrected chi connectivity index (χ3v) is 1.33. The topological polar surface area (TPSA) is 34.1 Å². The molecule has 13 heavy (non-hydrogen) atoms. The lowest BCUT2D eigenvalue weighted by molar-refractivity contribution is -0.116. The molecule has 0 N–H and O–H groups in total. The molecule has 0 heterocycles. The van der Waals surface area contributed by atoms with Crippen LogP contribution < -0.4 is 0 Å². The molecular formula is C11H14O2. The Morgan fingerprint density at radius 3 is 2.54 bits per heavy atom. The van der Waals surface area contributed by atoms with Crippen molar-refractivity contribution in [3.8, 4) is 0 Å². The minimum atomic E-state index is -0.102. The van der Waals surface area contributed by atoms with E-state index in [2.05, 4.69) is 6.58 Å². The minimum absolute atomic E-state index is 0.0242. The summed E-state index contributed by atoms with van der Waals surface area (Å²) in [6.45, 7) is 4.92. The van der Waals surface area contributed by atoms with Crippen molar-refractivity contribution in [1.29, 1.82) is 0 Å². The van der Waals surface area contributed by atoms with E-state index in [1.165, 1.54) is 19.1 Å². The molecule has 0 saturated carbocycles. The van der Waals surface area contributed by atoms with Gasteiger partial charge >= 0.3 is 0 Å². The van der Waals surface area contributed by atoms with Crippen molar-refractivity contribution in [1.82, 2.24) is 0 Å². The van der Waals surface area contributed by atoms with Gasteiger partial charge in [0, 0.05) is 6.42 Å². The molecule has 0 radical (unpaired) electrons. The van der Waals surface area contributed by atoms with Gasteiger partial charge in [-0.2, -0.15) is 0 Å². The first kappa shape index (κ1) is 11.6. The third kappa shape index (κ3) is 8.47. The Morgan fingerprint density at radius 1 is 1.31 bits per heavy atom. The van der Waals surface area contributed by atoms with Crippen molar-refractivity contribution in [2.45, 2.75) is 19.8 Å². The van der Waals surface area contributed by atoms with Crippen molar-refractivity contribution in [2.75, 3.05) is 0 Å². The van der Waals surface area contributed by atoms with Gasteiger partial charge in [0.05, 0.1) is 0 Å². The summed E-state index contributed by atoms with van der Waals surface area (Å²) in [6.07, 6.45) is 9.06. The highest BCUT2D eigenvalue weighted by Crippen LogP contribution is 1.94. The first-order valence-electron chi connectivity index (χ1n) is 4.16. The normalized spacial score (nSPS) is 10.8. The van der Waals surface area contributed by atoms with Gasteiger partial charge in [-0.1, -0.05) is 24.8 Å². The van der Waals surface area contributed by atoms with Crippen molar-refractivity contribution >= 4 is 11.6 Å². The van der Waals surface area contributed by atoms with Crippen LogP contribution in [-0.2, 0) is 9.59 Å². The van der Waals surface area contributed by atoms with Crippen molar-refractivity contribution in [3.05, 3.63) is 37.0 Å². The summed E-state index contributed by atoms with van der Waals surface area (Å²) in [5.74, 6) is -0.126. The molecule has 0 aromatic rings. The summed E-state index contributed by atoms with van der Waals surface area (Å²) < 4.78 is 0. The molecular weight excluding hydrogens is 164 g/mol. The second kappa shape index (κ2) is 7.22. The third-order valence-electron chi connectivity index (χ3n) is 1.33. The molecule has 0 aromatic carbocycles. The van der Waals surface area contributed by atoms with Crippen LogP contribution >= 0.6 is 0 Å². The van der Waals surface area contributed by atoms with Crippen LogP contribution in [0.15, 0.2) is 37.0 Å². The first-order valence-corrected chi connectivity index (χ1v) is 4.16. The monoisotopic (exact) mass is 178 g/mol. The predicted molar refractivity (Wildman–Crippen MR) is 53.4 cm³/mol. The molecule has 0 atom stereocenters. The Kier molecular flexibility index (Phi) is 6.42. The van der Waals surface area contributed by atoms with Crippen molar-refractivity contribution in [3.63, 3.8) is 0 Å². The van der Waals surface area contributed by atoms with E-state index in [0.717, 1.165) is 0 Å². The van der Waals surface area contributed by atoms with Gasteiger partial charge in [-0.25, -0.2) is 0 Å². The van der Waals surface area contributed by atoms with Crippen LogP contribution in [0.25, 0.3) is 0 Å². The minimum Gasteiger partial charge on any atom is -0.295 e. The van der Waals surface area contributed by atoms with E-state index in [0.29, 0.717) is 12.8 Å². The van der Waals surface area contributed by atoms with E-state index in [1.807, 2.05) is 6.08 Å². The van der Waals surface area contributed by atoms with Crippen LogP contribution in [0, 0.1) is 0 Å². The molecule has 2 heteroatoms. The maximum Gasteiger partial charge on any atom is 0.156 e. The zero-order valence-electron chi connectivity index (χ0n) is 7.82. The second-order valence-electron chi connectivity index (χ2n) is 2.61. The van der Waals surface area contributed by atoms with Crippen LogP contribution in [0.3, 0.4) is 0 Å². The molecule has 0 fully saturated rings. The molecule has 0 saturated heterocycles. The summed E-state index contributed by atoms with van der Waals surface area (Å²) in [7, 11) is 0. The quantitative estimate of drug-likeness (QED) is 0.461. The molecule has 0 spiro atoms. The Morgan fingerprint density at radius 2 is 2.00 bits per heavy atom. The average molecular weight is 178 g/mol. The number of ketones is 2. The van der Waals surface area contributed by atoms with Gasteiger partial charge in [-0.05, 0) is 25.5 Å². The van der Waals surface area contributed by atoms with E-state index in [4.69, 9.17) is 0 Å². The standard InChI is InChI=1S/C11H14O2/c1-3-4-5-6-7-11(13)9-8-10(2)12/h3-5,8-9H,1,6-7H2,2H3/b5-4+,9-8+. The van der Waals surface area contributed by atoms with Crippen molar-refractivity contribution < 1.29 is 9.59 Å². The lowest BCUT2D eigenvalue weighted by atomic mass is 10.2. The van der Waals surface area contributed by atoms with E-state index in [1.54, 1.807) is 12.2 Å². The molecule has 0 unspecified atom stereocenters. The molecule has 0 aromatic heterocycles. The SMILES string of the molecule is C=C/C=C/CCC(=O)/C=C/C(C)=O. The fraction of sp³-hybridized carbons (Fsp3) is 0.273. The maximum atomic E-state index is 11.0. The number of rotatable bonds is 6. The first-order chi connectivity index (χ1) is 6.16. The lowest BCUT2D eigenvalue weighted by Gasteiger charge is -1.88. The highest BCUT2D eigenvalue weighted by molar-refractivity contribution is 5.97. The molecule has 0 amide bonds. The Bertz CT molecular complexity index is 247. The van der Waals surface area contributed by atoms with Crippen molar-refractivity contribution in [2.24, 2.45) is 0 Å². The summed E-state index contributed by atoms with van der Waals surface area (Å²) in [5.41, 5.74) is 0.